The molecule has 1 aromatic rings. The van der Waals surface area contributed by atoms with Gasteiger partial charge in [-0.25, -0.2) is 4.79 Å². The van der Waals surface area contributed by atoms with Crippen LogP contribution < -0.4 is 0 Å². The molecule has 4 aliphatic heterocycles. The number of carbonyl (C=O) groups is 3. The molecule has 0 bridgehead atoms. The summed E-state index contributed by atoms with van der Waals surface area (Å²) in [5, 5.41) is 12.1. The normalized spacial score (nSPS) is 46.5. The van der Waals surface area contributed by atoms with E-state index in [1.165, 1.54) is 19.3 Å². The van der Waals surface area contributed by atoms with Crippen molar-refractivity contribution in [3.63, 3.8) is 0 Å². The average molecular weight is 585 g/mol. The smallest absolute Gasteiger partial charge is 0.339 e. The van der Waals surface area contributed by atoms with Gasteiger partial charge in [0.15, 0.2) is 11.9 Å². The van der Waals surface area contributed by atoms with E-state index in [-0.39, 0.29) is 30.7 Å². The number of aryl methyl sites for hydroxylation is 1. The Morgan fingerprint density at radius 3 is 2.52 bits per heavy atom. The fourth-order valence-electron chi connectivity index (χ4n) is 10.7. The molecule has 1 N–H and O–H groups in total. The van der Waals surface area contributed by atoms with Crippen molar-refractivity contribution in [1.29, 1.82) is 0 Å². The van der Waals surface area contributed by atoms with Crippen LogP contribution in [0.4, 0.5) is 0 Å². The lowest BCUT2D eigenvalue weighted by molar-refractivity contribution is -0.252. The van der Waals surface area contributed by atoms with Crippen molar-refractivity contribution in [2.24, 2.45) is 28.1 Å². The number of ether oxygens (including phenoxy) is 4. The Kier molecular flexibility index (Phi) is 6.21. The largest absolute Gasteiger partial charge is 0.469 e. The fraction of sp³-hybridized carbons (Fsp3) is 0.788. The van der Waals surface area contributed by atoms with Crippen LogP contribution in [-0.4, -0.2) is 58.9 Å². The SMILES string of the molecule is CCCCCCCc1occc1C1OC(=O)C2OC23C1(C)CCC1C24COC(=O)CC2OC(C)(C)C4C(=O)C(O)C13C. The molecule has 6 aliphatic rings. The van der Waals surface area contributed by atoms with E-state index in [0.717, 1.165) is 30.6 Å². The summed E-state index contributed by atoms with van der Waals surface area (Å²) in [4.78, 5) is 40.4. The third-order valence-electron chi connectivity index (χ3n) is 12.4. The summed E-state index contributed by atoms with van der Waals surface area (Å²) < 4.78 is 30.8. The number of furan rings is 1. The lowest BCUT2D eigenvalue weighted by Gasteiger charge is -2.66. The van der Waals surface area contributed by atoms with E-state index in [9.17, 15) is 19.5 Å². The highest BCUT2D eigenvalue weighted by Crippen LogP contribution is 2.80. The molecule has 2 saturated carbocycles. The molecular weight excluding hydrogens is 540 g/mol. The first-order valence-corrected chi connectivity index (χ1v) is 15.9. The number of aliphatic hydroxyl groups excluding tert-OH is 1. The number of hydrogen-bond acceptors (Lipinski definition) is 9. The van der Waals surface area contributed by atoms with Crippen molar-refractivity contribution < 1.29 is 42.9 Å². The van der Waals surface area contributed by atoms with E-state index in [0.29, 0.717) is 12.8 Å². The van der Waals surface area contributed by atoms with Gasteiger partial charge in [-0.2, -0.15) is 0 Å². The van der Waals surface area contributed by atoms with E-state index in [1.54, 1.807) is 6.26 Å². The van der Waals surface area contributed by atoms with Crippen LogP contribution in [0.1, 0.15) is 103 Å². The first kappa shape index (κ1) is 28.5. The molecule has 0 aromatic carbocycles. The van der Waals surface area contributed by atoms with Crippen LogP contribution in [0.25, 0.3) is 0 Å². The van der Waals surface area contributed by atoms with Gasteiger partial charge in [-0.1, -0.05) is 46.5 Å². The lowest BCUT2D eigenvalue weighted by Crippen LogP contribution is -2.76. The van der Waals surface area contributed by atoms with Gasteiger partial charge in [0.05, 0.1) is 30.3 Å². The monoisotopic (exact) mass is 584 g/mol. The molecule has 7 rings (SSSR count). The zero-order valence-corrected chi connectivity index (χ0v) is 25.4. The number of cyclic esters (lactones) is 2. The maximum Gasteiger partial charge on any atom is 0.339 e. The molecule has 9 nitrogen and oxygen atoms in total. The number of rotatable bonds is 7. The van der Waals surface area contributed by atoms with Crippen molar-refractivity contribution in [3.8, 4) is 0 Å². The van der Waals surface area contributed by atoms with E-state index >= 15 is 0 Å². The number of ketones is 1. The first-order chi connectivity index (χ1) is 19.9. The Hall–Kier alpha value is -2.23. The Morgan fingerprint density at radius 2 is 1.76 bits per heavy atom. The van der Waals surface area contributed by atoms with Gasteiger partial charge in [0.1, 0.15) is 30.2 Å². The third kappa shape index (κ3) is 3.28. The van der Waals surface area contributed by atoms with Gasteiger partial charge < -0.3 is 28.5 Å². The molecule has 230 valence electrons. The second kappa shape index (κ2) is 9.14. The first-order valence-electron chi connectivity index (χ1n) is 15.9. The average Bonchev–Trinajstić information content (AvgIpc) is 3.49. The van der Waals surface area contributed by atoms with Crippen molar-refractivity contribution in [2.75, 3.05) is 6.61 Å². The number of esters is 2. The van der Waals surface area contributed by atoms with Gasteiger partial charge in [0, 0.05) is 28.2 Å². The molecule has 6 fully saturated rings. The summed E-state index contributed by atoms with van der Waals surface area (Å²) in [5.41, 5.74) is -3.84. The molecule has 0 amide bonds. The van der Waals surface area contributed by atoms with Crippen molar-refractivity contribution >= 4 is 17.7 Å². The van der Waals surface area contributed by atoms with Gasteiger partial charge in [-0.3, -0.25) is 9.59 Å². The van der Waals surface area contributed by atoms with E-state index in [4.69, 9.17) is 23.4 Å². The zero-order valence-electron chi connectivity index (χ0n) is 25.4. The lowest BCUT2D eigenvalue weighted by atomic mass is 9.36. The van der Waals surface area contributed by atoms with Gasteiger partial charge >= 0.3 is 11.9 Å². The van der Waals surface area contributed by atoms with Crippen LogP contribution in [-0.2, 0) is 39.8 Å². The third-order valence-corrected chi connectivity index (χ3v) is 12.4. The predicted molar refractivity (Wildman–Crippen MR) is 148 cm³/mol. The summed E-state index contributed by atoms with van der Waals surface area (Å²) in [5.74, 6) is -1.24. The summed E-state index contributed by atoms with van der Waals surface area (Å²) in [7, 11) is 0. The van der Waals surface area contributed by atoms with Gasteiger partial charge in [0.25, 0.3) is 0 Å². The number of aliphatic hydroxyl groups is 1. The highest BCUT2D eigenvalue weighted by molar-refractivity contribution is 5.92. The minimum Gasteiger partial charge on any atom is -0.469 e. The highest BCUT2D eigenvalue weighted by atomic mass is 16.7. The molecule has 10 atom stereocenters. The Bertz CT molecular complexity index is 1320. The molecular formula is C33H44O9. The standard InChI is InChI=1S/C33H44O9/c1-6-7-8-9-10-11-19-18(13-15-38-19)26-30(4)14-12-20-31(5,33(30)27(42-33)28(37)40-26)25(36)23(35)24-29(2,3)41-21-16-22(34)39-17-32(20,21)24/h13,15,20-21,24-27,36H,6-12,14,16-17H2,1-5H3. The molecule has 9 heteroatoms. The Morgan fingerprint density at radius 1 is 1.00 bits per heavy atom. The quantitative estimate of drug-likeness (QED) is 0.278. The maximum absolute atomic E-state index is 14.3. The van der Waals surface area contributed by atoms with Crippen molar-refractivity contribution in [3.05, 3.63) is 23.7 Å². The van der Waals surface area contributed by atoms with Crippen LogP contribution >= 0.6 is 0 Å². The Balaban J connectivity index is 1.30. The fourth-order valence-corrected chi connectivity index (χ4v) is 10.7. The molecule has 1 aromatic heterocycles. The summed E-state index contributed by atoms with van der Waals surface area (Å²) in [6, 6.07) is 1.90. The molecule has 2 spiro atoms. The number of unbranched alkanes of at least 4 members (excludes halogenated alkanes) is 4. The minimum atomic E-state index is -1.38. The number of carbonyl (C=O) groups excluding carboxylic acids is 3. The minimum absolute atomic E-state index is 0.0541. The van der Waals surface area contributed by atoms with Crippen LogP contribution in [0.3, 0.4) is 0 Å². The molecule has 0 radical (unpaired) electrons. The van der Waals surface area contributed by atoms with Gasteiger partial charge in [0.2, 0.25) is 0 Å². The number of fused-ring (bicyclic) bond motifs is 1. The Labute approximate surface area is 247 Å². The number of hydrogen-bond donors (Lipinski definition) is 1. The van der Waals surface area contributed by atoms with Gasteiger partial charge in [-0.05, 0) is 45.1 Å². The topological polar surface area (TPSA) is 125 Å². The van der Waals surface area contributed by atoms with Crippen LogP contribution in [0.5, 0.6) is 0 Å². The maximum atomic E-state index is 14.3. The van der Waals surface area contributed by atoms with E-state index in [1.807, 2.05) is 26.8 Å². The van der Waals surface area contributed by atoms with E-state index < -0.39 is 63.8 Å². The summed E-state index contributed by atoms with van der Waals surface area (Å²) in [6.45, 7) is 9.98. The summed E-state index contributed by atoms with van der Waals surface area (Å²) >= 11 is 0. The molecule has 2 aliphatic carbocycles. The van der Waals surface area contributed by atoms with Crippen LogP contribution in [0, 0.1) is 28.1 Å². The number of Topliss-reactive ketones (excluding diaryl/α,β-unsaturated/α-hetero) is 1. The molecule has 5 heterocycles. The zero-order chi connectivity index (χ0) is 29.9. The van der Waals surface area contributed by atoms with Crippen LogP contribution in [0.15, 0.2) is 16.7 Å². The van der Waals surface area contributed by atoms with Crippen molar-refractivity contribution in [2.45, 2.75) is 128 Å². The highest BCUT2D eigenvalue weighted by Gasteiger charge is 2.90. The van der Waals surface area contributed by atoms with E-state index in [2.05, 4.69) is 13.8 Å². The van der Waals surface area contributed by atoms with Crippen LogP contribution in [0.2, 0.25) is 0 Å². The molecule has 10 unspecified atom stereocenters. The predicted octanol–water partition coefficient (Wildman–Crippen LogP) is 4.62. The second-order valence-corrected chi connectivity index (χ2v) is 14.7. The molecule has 42 heavy (non-hydrogen) atoms. The van der Waals surface area contributed by atoms with Gasteiger partial charge in [-0.15, -0.1) is 0 Å². The number of epoxide rings is 1. The molecule has 4 saturated heterocycles. The van der Waals surface area contributed by atoms with Crippen molar-refractivity contribution in [1.82, 2.24) is 0 Å². The summed E-state index contributed by atoms with van der Waals surface area (Å²) in [6.07, 6.45) is 5.97. The second-order valence-electron chi connectivity index (χ2n) is 14.7.